The minimum absolute atomic E-state index is 0.182. The second-order valence-corrected chi connectivity index (χ2v) is 13.5. The van der Waals surface area contributed by atoms with Crippen LogP contribution in [0.3, 0.4) is 0 Å². The lowest BCUT2D eigenvalue weighted by atomic mass is 9.71. The molecule has 0 saturated carbocycles. The first-order valence-corrected chi connectivity index (χ1v) is 16.1. The molecule has 4 amide bonds. The van der Waals surface area contributed by atoms with Gasteiger partial charge in [0.25, 0.3) is 23.6 Å². The summed E-state index contributed by atoms with van der Waals surface area (Å²) in [7, 11) is 0. The van der Waals surface area contributed by atoms with E-state index >= 15 is 0 Å². The Labute approximate surface area is 289 Å². The van der Waals surface area contributed by atoms with Crippen molar-refractivity contribution in [2.24, 2.45) is 0 Å². The second-order valence-electron chi connectivity index (χ2n) is 13.5. The van der Waals surface area contributed by atoms with Gasteiger partial charge >= 0.3 is 12.4 Å². The highest BCUT2D eigenvalue weighted by Gasteiger charge is 2.73. The number of amides is 4. The standard InChI is InChI=1S/C39H32F6N2O4/c1-18(2)31-19(3)11-23(12-20(31)4)15-24-13-21(5)32(22(6)14-24)47-35(50)28-10-8-26(17-30(28)36(47)51)37(38(40,41)42,39(43,44)45)25-7-9-27-29(16-25)34(49)46-33(27)48/h7-14,16-18H,15H2,1-6H3,(H,46,48,49). The molecule has 2 heterocycles. The molecule has 4 aromatic rings. The molecule has 264 valence electrons. The van der Waals surface area contributed by atoms with E-state index in [1.807, 2.05) is 5.32 Å². The first kappa shape index (κ1) is 35.6. The van der Waals surface area contributed by atoms with Crippen LogP contribution < -0.4 is 10.2 Å². The zero-order valence-electron chi connectivity index (χ0n) is 28.4. The molecule has 51 heavy (non-hydrogen) atoms. The molecule has 6 nitrogen and oxygen atoms in total. The van der Waals surface area contributed by atoms with Crippen LogP contribution in [-0.2, 0) is 11.8 Å². The maximum absolute atomic E-state index is 15.0. The van der Waals surface area contributed by atoms with Crippen LogP contribution in [0.2, 0.25) is 0 Å². The SMILES string of the molecule is Cc1cc(Cc2cc(C)c(N3C(=O)c4ccc(C(c5ccc6c(c5)C(=O)NC6=O)(C(F)(F)F)C(F)(F)F)cc4C3=O)c(C)c2)cc(C)c1C(C)C. The molecule has 0 saturated heterocycles. The van der Waals surface area contributed by atoms with E-state index in [4.69, 9.17) is 0 Å². The average Bonchev–Trinajstić information content (AvgIpc) is 3.41. The number of nitrogens with zero attached hydrogens (tertiary/aromatic N) is 1. The smallest absolute Gasteiger partial charge is 0.288 e. The molecule has 0 atom stereocenters. The Balaban J connectivity index is 1.42. The van der Waals surface area contributed by atoms with Crippen molar-refractivity contribution in [3.8, 4) is 0 Å². The van der Waals surface area contributed by atoms with Crippen LogP contribution in [0.25, 0.3) is 0 Å². The van der Waals surface area contributed by atoms with Gasteiger partial charge in [0.1, 0.15) is 0 Å². The van der Waals surface area contributed by atoms with Crippen LogP contribution >= 0.6 is 0 Å². The van der Waals surface area contributed by atoms with Gasteiger partial charge in [0.15, 0.2) is 0 Å². The molecule has 2 aliphatic rings. The third kappa shape index (κ3) is 5.42. The number of nitrogens with one attached hydrogen (secondary N) is 1. The van der Waals surface area contributed by atoms with Crippen LogP contribution in [-0.4, -0.2) is 36.0 Å². The summed E-state index contributed by atoms with van der Waals surface area (Å²) < 4.78 is 89.9. The monoisotopic (exact) mass is 706 g/mol. The lowest BCUT2D eigenvalue weighted by Gasteiger charge is -2.38. The predicted molar refractivity (Wildman–Crippen MR) is 177 cm³/mol. The number of aryl methyl sites for hydroxylation is 4. The molecule has 0 aliphatic carbocycles. The number of carbonyl (C=O) groups is 4. The average molecular weight is 707 g/mol. The van der Waals surface area contributed by atoms with Gasteiger partial charge in [-0.15, -0.1) is 0 Å². The zero-order valence-corrected chi connectivity index (χ0v) is 28.4. The van der Waals surface area contributed by atoms with Crippen molar-refractivity contribution < 1.29 is 45.5 Å². The fourth-order valence-corrected chi connectivity index (χ4v) is 7.87. The second kappa shape index (κ2) is 11.9. The Kier molecular flexibility index (Phi) is 8.31. The van der Waals surface area contributed by atoms with Crippen molar-refractivity contribution in [3.63, 3.8) is 0 Å². The van der Waals surface area contributed by atoms with Crippen LogP contribution in [0.4, 0.5) is 32.0 Å². The molecule has 0 radical (unpaired) electrons. The van der Waals surface area contributed by atoms with E-state index in [0.717, 1.165) is 39.3 Å². The summed E-state index contributed by atoms with van der Waals surface area (Å²) in [6.07, 6.45) is -11.6. The number of rotatable bonds is 6. The number of imide groups is 2. The quantitative estimate of drug-likeness (QED) is 0.161. The molecule has 4 aromatic carbocycles. The Morgan fingerprint density at radius 3 is 1.51 bits per heavy atom. The number of anilines is 1. The van der Waals surface area contributed by atoms with Crippen molar-refractivity contribution >= 4 is 29.3 Å². The summed E-state index contributed by atoms with van der Waals surface area (Å²) in [5, 5.41) is 1.85. The lowest BCUT2D eigenvalue weighted by molar-refractivity contribution is -0.288. The summed E-state index contributed by atoms with van der Waals surface area (Å²) in [6.45, 7) is 11.7. The minimum atomic E-state index is -6.05. The molecular formula is C39H32F6N2O4. The van der Waals surface area contributed by atoms with Gasteiger partial charge in [0.2, 0.25) is 5.41 Å². The maximum Gasteiger partial charge on any atom is 0.411 e. The minimum Gasteiger partial charge on any atom is -0.288 e. The number of halogens is 6. The molecule has 0 spiro atoms. The fourth-order valence-electron chi connectivity index (χ4n) is 7.87. The van der Waals surface area contributed by atoms with Crippen molar-refractivity contribution in [1.29, 1.82) is 0 Å². The molecule has 2 aliphatic heterocycles. The van der Waals surface area contributed by atoms with Crippen molar-refractivity contribution in [2.75, 3.05) is 4.90 Å². The van der Waals surface area contributed by atoms with Gasteiger partial charge in [-0.25, -0.2) is 4.90 Å². The van der Waals surface area contributed by atoms with Crippen LogP contribution in [0.1, 0.15) is 111 Å². The molecule has 1 N–H and O–H groups in total. The molecule has 6 rings (SSSR count). The molecule has 0 fully saturated rings. The highest BCUT2D eigenvalue weighted by Crippen LogP contribution is 2.57. The van der Waals surface area contributed by atoms with Gasteiger partial charge in [-0.05, 0) is 114 Å². The van der Waals surface area contributed by atoms with Gasteiger partial charge in [-0.1, -0.05) is 50.2 Å². The number of benzene rings is 4. The molecule has 12 heteroatoms. The predicted octanol–water partition coefficient (Wildman–Crippen LogP) is 8.73. The van der Waals surface area contributed by atoms with Gasteiger partial charge < -0.3 is 0 Å². The fraction of sp³-hybridized carbons (Fsp3) is 0.282. The highest BCUT2D eigenvalue weighted by atomic mass is 19.4. The van der Waals surface area contributed by atoms with E-state index in [1.54, 1.807) is 26.0 Å². The number of fused-ring (bicyclic) bond motifs is 2. The summed E-state index contributed by atoms with van der Waals surface area (Å²) in [5.74, 6) is -3.73. The van der Waals surface area contributed by atoms with Crippen molar-refractivity contribution in [2.45, 2.75) is 71.6 Å². The third-order valence-electron chi connectivity index (χ3n) is 9.75. The van der Waals surface area contributed by atoms with E-state index in [0.29, 0.717) is 47.7 Å². The molecule has 0 bridgehead atoms. The lowest BCUT2D eigenvalue weighted by Crippen LogP contribution is -2.55. The van der Waals surface area contributed by atoms with E-state index in [9.17, 15) is 45.5 Å². The van der Waals surface area contributed by atoms with E-state index in [2.05, 4.69) is 39.8 Å². The molecule has 0 unspecified atom stereocenters. The number of alkyl halides is 6. The van der Waals surface area contributed by atoms with E-state index < -0.39 is 63.7 Å². The normalized spacial score (nSPS) is 14.8. The topological polar surface area (TPSA) is 83.6 Å². The maximum atomic E-state index is 15.0. The van der Waals surface area contributed by atoms with E-state index in [-0.39, 0.29) is 16.8 Å². The van der Waals surface area contributed by atoms with Gasteiger partial charge in [-0.3, -0.25) is 24.5 Å². The number of carbonyl (C=O) groups excluding carboxylic acids is 4. The number of hydrogen-bond acceptors (Lipinski definition) is 4. The van der Waals surface area contributed by atoms with Crippen LogP contribution in [0.15, 0.2) is 60.7 Å². The van der Waals surface area contributed by atoms with Crippen molar-refractivity contribution in [3.05, 3.63) is 133 Å². The summed E-state index contributed by atoms with van der Waals surface area (Å²) in [4.78, 5) is 52.5. The Morgan fingerprint density at radius 1 is 0.588 bits per heavy atom. The largest absolute Gasteiger partial charge is 0.411 e. The van der Waals surface area contributed by atoms with Crippen molar-refractivity contribution in [1.82, 2.24) is 5.32 Å². The highest BCUT2D eigenvalue weighted by molar-refractivity contribution is 6.35. The number of hydrogen-bond donors (Lipinski definition) is 1. The van der Waals surface area contributed by atoms with E-state index in [1.165, 1.54) is 5.56 Å². The first-order valence-electron chi connectivity index (χ1n) is 16.1. The van der Waals surface area contributed by atoms with Gasteiger partial charge in [0, 0.05) is 0 Å². The first-order chi connectivity index (χ1) is 23.7. The van der Waals surface area contributed by atoms with Crippen LogP contribution in [0, 0.1) is 27.7 Å². The van der Waals surface area contributed by atoms with Gasteiger partial charge in [-0.2, -0.15) is 26.3 Å². The van der Waals surface area contributed by atoms with Gasteiger partial charge in [0.05, 0.1) is 27.9 Å². The summed E-state index contributed by atoms with van der Waals surface area (Å²) >= 11 is 0. The van der Waals surface area contributed by atoms with Crippen LogP contribution in [0.5, 0.6) is 0 Å². The summed E-state index contributed by atoms with van der Waals surface area (Å²) in [5.41, 5.74) is -2.78. The Morgan fingerprint density at radius 2 is 1.02 bits per heavy atom. The third-order valence-corrected chi connectivity index (χ3v) is 9.75. The molecular weight excluding hydrogens is 674 g/mol. The Bertz CT molecular complexity index is 2140. The summed E-state index contributed by atoms with van der Waals surface area (Å²) in [6, 6.07) is 11.2. The molecule has 0 aromatic heterocycles. The zero-order chi connectivity index (χ0) is 37.5. The Hall–Kier alpha value is -5.26.